The van der Waals surface area contributed by atoms with Crippen molar-refractivity contribution in [2.24, 2.45) is 0 Å². The molecule has 0 aromatic heterocycles. The second-order valence-electron chi connectivity index (χ2n) is 4.05. The molecule has 1 unspecified atom stereocenters. The number of benzene rings is 1. The van der Waals surface area contributed by atoms with Crippen molar-refractivity contribution in [2.45, 2.75) is 32.5 Å². The Balaban J connectivity index is 2.74. The molecule has 0 radical (unpaired) electrons. The molecule has 90 valence electrons. The second-order valence-corrected chi connectivity index (χ2v) is 4.49. The molecule has 0 aliphatic rings. The van der Waals surface area contributed by atoms with E-state index in [1.54, 1.807) is 25.1 Å². The first-order valence-electron chi connectivity index (χ1n) is 5.23. The lowest BCUT2D eigenvalue weighted by Gasteiger charge is -2.22. The molecule has 0 aliphatic carbocycles. The molecular weight excluding hydrogens is 228 g/mol. The Kier molecular flexibility index (Phi) is 4.59. The minimum absolute atomic E-state index is 0.135. The van der Waals surface area contributed by atoms with Gasteiger partial charge in [0.1, 0.15) is 12.4 Å². The van der Waals surface area contributed by atoms with Gasteiger partial charge in [-0.25, -0.2) is 0 Å². The second kappa shape index (κ2) is 5.53. The highest BCUT2D eigenvalue weighted by atomic mass is 35.5. The van der Waals surface area contributed by atoms with Crippen LogP contribution in [0.4, 0.5) is 0 Å². The lowest BCUT2D eigenvalue weighted by molar-refractivity contribution is 0.00784. The standard InChI is InChI=1S/C12H17ClO3/c1-3-12(2,15)8-16-11-5-4-10(13)6-9(11)7-14/h4-6,14-15H,3,7-8H2,1-2H3. The quantitative estimate of drug-likeness (QED) is 0.836. The van der Waals surface area contributed by atoms with E-state index in [9.17, 15) is 5.11 Å². The summed E-state index contributed by atoms with van der Waals surface area (Å²) in [6.45, 7) is 3.65. The summed E-state index contributed by atoms with van der Waals surface area (Å²) in [6.07, 6.45) is 0.606. The molecule has 0 saturated carbocycles. The predicted octanol–water partition coefficient (Wildman–Crippen LogP) is 2.37. The lowest BCUT2D eigenvalue weighted by Crippen LogP contribution is -2.31. The maximum absolute atomic E-state index is 9.79. The van der Waals surface area contributed by atoms with E-state index in [0.29, 0.717) is 22.8 Å². The summed E-state index contributed by atoms with van der Waals surface area (Å²) in [5.74, 6) is 0.556. The van der Waals surface area contributed by atoms with Crippen LogP contribution in [0, 0.1) is 0 Å². The Labute approximate surface area is 101 Å². The van der Waals surface area contributed by atoms with Gasteiger partial charge in [-0.3, -0.25) is 0 Å². The maximum Gasteiger partial charge on any atom is 0.125 e. The molecular formula is C12H17ClO3. The van der Waals surface area contributed by atoms with E-state index in [4.69, 9.17) is 21.4 Å². The minimum atomic E-state index is -0.855. The lowest BCUT2D eigenvalue weighted by atomic mass is 10.1. The molecule has 4 heteroatoms. The summed E-state index contributed by atoms with van der Waals surface area (Å²) in [5, 5.41) is 19.5. The number of rotatable bonds is 5. The third-order valence-electron chi connectivity index (χ3n) is 2.49. The Bertz CT molecular complexity index is 350. The topological polar surface area (TPSA) is 49.7 Å². The molecule has 0 spiro atoms. The first-order chi connectivity index (χ1) is 7.48. The highest BCUT2D eigenvalue weighted by Crippen LogP contribution is 2.24. The molecule has 2 N–H and O–H groups in total. The van der Waals surface area contributed by atoms with Crippen LogP contribution in [0.5, 0.6) is 5.75 Å². The van der Waals surface area contributed by atoms with Crippen LogP contribution < -0.4 is 4.74 Å². The molecule has 0 fully saturated rings. The van der Waals surface area contributed by atoms with Gasteiger partial charge in [-0.05, 0) is 31.5 Å². The van der Waals surface area contributed by atoms with Gasteiger partial charge < -0.3 is 14.9 Å². The van der Waals surface area contributed by atoms with Crippen LogP contribution in [-0.4, -0.2) is 22.4 Å². The van der Waals surface area contributed by atoms with Crippen molar-refractivity contribution in [1.82, 2.24) is 0 Å². The first-order valence-corrected chi connectivity index (χ1v) is 5.61. The molecule has 1 aromatic rings. The SMILES string of the molecule is CCC(C)(O)COc1ccc(Cl)cc1CO. The molecule has 1 aromatic carbocycles. The zero-order valence-electron chi connectivity index (χ0n) is 9.53. The fourth-order valence-corrected chi connectivity index (χ4v) is 1.34. The number of ether oxygens (including phenoxy) is 1. The van der Waals surface area contributed by atoms with E-state index >= 15 is 0 Å². The number of hydrogen-bond acceptors (Lipinski definition) is 3. The van der Waals surface area contributed by atoms with Gasteiger partial charge in [0.25, 0.3) is 0 Å². The third-order valence-corrected chi connectivity index (χ3v) is 2.73. The van der Waals surface area contributed by atoms with Gasteiger partial charge in [-0.15, -0.1) is 0 Å². The first kappa shape index (κ1) is 13.3. The monoisotopic (exact) mass is 244 g/mol. The molecule has 3 nitrogen and oxygen atoms in total. The number of aliphatic hydroxyl groups is 2. The number of hydrogen-bond donors (Lipinski definition) is 2. The van der Waals surface area contributed by atoms with Crippen molar-refractivity contribution in [3.05, 3.63) is 28.8 Å². The van der Waals surface area contributed by atoms with Crippen LogP contribution in [0.2, 0.25) is 5.02 Å². The van der Waals surface area contributed by atoms with Gasteiger partial charge in [0, 0.05) is 10.6 Å². The summed E-state index contributed by atoms with van der Waals surface area (Å²) < 4.78 is 5.47. The van der Waals surface area contributed by atoms with Gasteiger partial charge in [0.15, 0.2) is 0 Å². The highest BCUT2D eigenvalue weighted by molar-refractivity contribution is 6.30. The predicted molar refractivity (Wildman–Crippen MR) is 63.8 cm³/mol. The zero-order chi connectivity index (χ0) is 12.2. The fourth-order valence-electron chi connectivity index (χ4n) is 1.15. The molecule has 0 amide bonds. The van der Waals surface area contributed by atoms with Crippen molar-refractivity contribution < 1.29 is 14.9 Å². The third kappa shape index (κ3) is 3.67. The number of halogens is 1. The summed E-state index contributed by atoms with van der Waals surface area (Å²) in [6, 6.07) is 5.04. The van der Waals surface area contributed by atoms with Crippen LogP contribution in [-0.2, 0) is 6.61 Å². The van der Waals surface area contributed by atoms with Crippen LogP contribution >= 0.6 is 11.6 Å². The van der Waals surface area contributed by atoms with Crippen molar-refractivity contribution in [3.8, 4) is 5.75 Å². The summed E-state index contributed by atoms with van der Waals surface area (Å²) in [5.41, 5.74) is -0.230. The van der Waals surface area contributed by atoms with Gasteiger partial charge in [-0.1, -0.05) is 18.5 Å². The van der Waals surface area contributed by atoms with Gasteiger partial charge >= 0.3 is 0 Å². The number of aliphatic hydroxyl groups excluding tert-OH is 1. The van der Waals surface area contributed by atoms with Gasteiger partial charge in [-0.2, -0.15) is 0 Å². The van der Waals surface area contributed by atoms with Crippen molar-refractivity contribution in [2.75, 3.05) is 6.61 Å². The maximum atomic E-state index is 9.79. The van der Waals surface area contributed by atoms with Gasteiger partial charge in [0.05, 0.1) is 12.2 Å². The Morgan fingerprint density at radius 1 is 1.44 bits per heavy atom. The van der Waals surface area contributed by atoms with Crippen LogP contribution in [0.3, 0.4) is 0 Å². The average molecular weight is 245 g/mol. The van der Waals surface area contributed by atoms with E-state index in [2.05, 4.69) is 0 Å². The Morgan fingerprint density at radius 3 is 2.69 bits per heavy atom. The Morgan fingerprint density at radius 2 is 2.12 bits per heavy atom. The highest BCUT2D eigenvalue weighted by Gasteiger charge is 2.19. The van der Waals surface area contributed by atoms with E-state index in [1.807, 2.05) is 6.92 Å². The zero-order valence-corrected chi connectivity index (χ0v) is 10.3. The van der Waals surface area contributed by atoms with E-state index in [-0.39, 0.29) is 13.2 Å². The molecule has 16 heavy (non-hydrogen) atoms. The smallest absolute Gasteiger partial charge is 0.125 e. The van der Waals surface area contributed by atoms with Crippen molar-refractivity contribution in [1.29, 1.82) is 0 Å². The average Bonchev–Trinajstić information content (AvgIpc) is 2.27. The normalized spacial score (nSPS) is 14.6. The largest absolute Gasteiger partial charge is 0.490 e. The van der Waals surface area contributed by atoms with E-state index in [1.165, 1.54) is 0 Å². The minimum Gasteiger partial charge on any atom is -0.490 e. The summed E-state index contributed by atoms with van der Waals surface area (Å²) in [4.78, 5) is 0. The van der Waals surface area contributed by atoms with Crippen molar-refractivity contribution in [3.63, 3.8) is 0 Å². The van der Waals surface area contributed by atoms with E-state index in [0.717, 1.165) is 0 Å². The Hall–Kier alpha value is -0.770. The van der Waals surface area contributed by atoms with Gasteiger partial charge in [0.2, 0.25) is 0 Å². The van der Waals surface area contributed by atoms with Crippen LogP contribution in [0.25, 0.3) is 0 Å². The fraction of sp³-hybridized carbons (Fsp3) is 0.500. The van der Waals surface area contributed by atoms with Crippen molar-refractivity contribution >= 4 is 11.6 Å². The van der Waals surface area contributed by atoms with Crippen LogP contribution in [0.1, 0.15) is 25.8 Å². The molecule has 0 saturated heterocycles. The summed E-state index contributed by atoms with van der Waals surface area (Å²) >= 11 is 5.80. The molecule has 0 bridgehead atoms. The molecule has 0 aliphatic heterocycles. The van der Waals surface area contributed by atoms with Crippen LogP contribution in [0.15, 0.2) is 18.2 Å². The summed E-state index contributed by atoms with van der Waals surface area (Å²) in [7, 11) is 0. The molecule has 0 heterocycles. The molecule has 1 rings (SSSR count). The molecule has 1 atom stereocenters. The van der Waals surface area contributed by atoms with E-state index < -0.39 is 5.60 Å².